The van der Waals surface area contributed by atoms with Crippen LogP contribution in [0.5, 0.6) is 0 Å². The third kappa shape index (κ3) is 34.9. The molecule has 0 fully saturated rings. The number of rotatable bonds is 22. The lowest BCUT2D eigenvalue weighted by atomic mass is 9.85. The zero-order valence-corrected chi connectivity index (χ0v) is 74.6. The maximum Gasteiger partial charge on any atom is 0.305 e. The molecular formula is C84H113N17O25S3. The Kier molecular flexibility index (Phi) is 41.1. The van der Waals surface area contributed by atoms with E-state index in [-0.39, 0.29) is 28.8 Å². The van der Waals surface area contributed by atoms with Crippen molar-refractivity contribution in [1.29, 1.82) is 0 Å². The van der Waals surface area contributed by atoms with E-state index in [2.05, 4.69) is 74.4 Å². The molecule has 2 aliphatic heterocycles. The third-order valence-corrected chi connectivity index (χ3v) is 23.9. The Morgan fingerprint density at radius 2 is 0.860 bits per heavy atom. The first kappa shape index (κ1) is 105. The zero-order chi connectivity index (χ0) is 95.8. The number of carboxylic acid groups (broad SMARTS) is 4. The van der Waals surface area contributed by atoms with E-state index in [1.807, 2.05) is 0 Å². The number of aliphatic hydroxyl groups is 1. The van der Waals surface area contributed by atoms with Gasteiger partial charge in [0, 0.05) is 60.2 Å². The van der Waals surface area contributed by atoms with Crippen molar-refractivity contribution in [1.82, 2.24) is 74.4 Å². The molecule has 0 aromatic heterocycles. The second kappa shape index (κ2) is 50.3. The summed E-state index contributed by atoms with van der Waals surface area (Å²) in [5.41, 5.74) is 18.3. The van der Waals surface area contributed by atoms with Crippen molar-refractivity contribution in [3.8, 4) is 0 Å². The minimum absolute atomic E-state index is 0.00834. The number of nitrogens with two attached hydrogens (primary N) is 3. The highest BCUT2D eigenvalue weighted by molar-refractivity contribution is 7.99. The minimum Gasteiger partial charge on any atom is -0.481 e. The van der Waals surface area contributed by atoms with Crippen LogP contribution >= 0.6 is 35.3 Å². The molecule has 702 valence electrons. The molecule has 0 spiro atoms. The van der Waals surface area contributed by atoms with Gasteiger partial charge in [0.1, 0.15) is 84.6 Å². The molecule has 45 heteroatoms. The lowest BCUT2D eigenvalue weighted by Crippen LogP contribution is -2.62. The van der Waals surface area contributed by atoms with Gasteiger partial charge in [0.2, 0.25) is 94.5 Å². The van der Waals surface area contributed by atoms with Crippen LogP contribution in [0.4, 0.5) is 0 Å². The largest absolute Gasteiger partial charge is 0.481 e. The quantitative estimate of drug-likeness (QED) is 0.0367. The number of primary amides is 2. The summed E-state index contributed by atoms with van der Waals surface area (Å²) < 4.78 is 0. The van der Waals surface area contributed by atoms with Gasteiger partial charge in [0.05, 0.1) is 31.4 Å². The highest BCUT2D eigenvalue weighted by atomic mass is 32.2. The normalized spacial score (nSPS) is 24.8. The van der Waals surface area contributed by atoms with E-state index in [0.717, 1.165) is 42.2 Å². The van der Waals surface area contributed by atoms with Crippen molar-refractivity contribution < 1.29 is 121 Å². The molecule has 129 heavy (non-hydrogen) atoms. The van der Waals surface area contributed by atoms with E-state index < -0.39 is 296 Å². The van der Waals surface area contributed by atoms with E-state index >= 15 is 9.59 Å². The molecule has 0 saturated carbocycles. The Morgan fingerprint density at radius 3 is 1.37 bits per heavy atom. The Hall–Kier alpha value is -12.5. The van der Waals surface area contributed by atoms with Crippen LogP contribution in [0, 0.1) is 11.3 Å². The number of nitrogens with one attached hydrogen (secondary N) is 14. The Labute approximate surface area is 754 Å². The SMILES string of the molecule is CC(C[C@@H]1NC(=O)[C@H](Cc2ccccc2)NC(=O)[C@H](CC(=O)O)NC(=O)[C@H](CCC(=O)O)NC(=O)[C@H]2CSCc3cc(cc(c3)CSC[C@H](NC(=O)[C@H](C)N)C(=O)N[C@H](C)C(=O)N[C@@H](CC(N)=O)C(=O)N[C@@H](CCC(=O)O)C(=O)N[C@@H](Cc3cccc4ccccc34)C(=O)N[C@H](C)C(=O)N2)CSC[C@@H](C(N)=O)NC(=O)[C@H](C(C)(C)C)NC(=O)[C@H](CC(=O)O)NC1=O)[C@H](C)O. The molecule has 0 radical (unpaired) electrons. The monoisotopic (exact) mass is 1860 g/mol. The van der Waals surface area contributed by atoms with E-state index in [4.69, 9.17) is 17.2 Å². The zero-order valence-electron chi connectivity index (χ0n) is 72.1. The molecule has 42 nitrogen and oxygen atoms in total. The number of thioether (sulfide) groups is 3. The second-order valence-electron chi connectivity index (χ2n) is 32.6. The molecule has 6 rings (SSSR count). The van der Waals surface area contributed by atoms with Crippen LogP contribution in [0.1, 0.15) is 135 Å². The standard InChI is InChI=1S/C84H113N17O25S3/c1-40(44(5)102)25-54-76(119)97-59(33-67(110)111)80(123)101-68(84(6,7)8)83(126)98-60(69(87)112)37-127-34-46-26-47-28-48(27-46)36-129-39-62(82(125)91-53(22-24-65(106)107)74(117)96-58(32-66(108)109)79(122)94-55(77(120)93-54)29-45-15-10-9-11-16-45)100-72(115)43(4)88-75(118)56(30-50-19-14-18-49-17-12-13-20-51(49)50)95-73(116)52(21-23-64(104)105)90-78(121)57(31-63(86)103)92-71(114)42(3)89-81(124)61(38-128-35-47)99-70(113)41(2)85/h9-20,26-28,40-44,52-62,68,102H,21-25,29-39,85H2,1-8H3,(H2,86,103)(H2,87,112)(H,88,118)(H,89,124)(H,90,121)(H,91,125)(H,92,114)(H,93,120)(H,94,122)(H,95,116)(H,96,117)(H,97,119)(H,98,126)(H,99,113)(H,100,115)(H,101,123)(H,104,105)(H,106,107)(H,108,109)(H,110,111)/t40?,41-,42+,43+,44-,52-,53-,54-,55-,56-,57-,58-,59-,60-,61-,62+,68+/m0/s1. The summed E-state index contributed by atoms with van der Waals surface area (Å²) in [5.74, 6) is -27.2. The third-order valence-electron chi connectivity index (χ3n) is 20.6. The summed E-state index contributed by atoms with van der Waals surface area (Å²) in [4.78, 5) is 281. The van der Waals surface area contributed by atoms with Gasteiger partial charge < -0.3 is 117 Å². The average molecular weight is 1860 g/mol. The number of hydrogen-bond donors (Lipinski definition) is 22. The van der Waals surface area contributed by atoms with Crippen molar-refractivity contribution in [2.24, 2.45) is 28.5 Å². The first-order valence-corrected chi connectivity index (χ1v) is 44.6. The Bertz CT molecular complexity index is 4780. The van der Waals surface area contributed by atoms with Crippen molar-refractivity contribution in [2.75, 3.05) is 17.3 Å². The predicted molar refractivity (Wildman–Crippen MR) is 471 cm³/mol. The molecule has 0 aliphatic carbocycles. The highest BCUT2D eigenvalue weighted by Gasteiger charge is 2.42. The van der Waals surface area contributed by atoms with Gasteiger partial charge in [-0.2, -0.15) is 35.3 Å². The van der Waals surface area contributed by atoms with Gasteiger partial charge >= 0.3 is 23.9 Å². The van der Waals surface area contributed by atoms with E-state index in [1.165, 1.54) is 60.6 Å². The van der Waals surface area contributed by atoms with E-state index in [0.29, 0.717) is 38.6 Å². The van der Waals surface area contributed by atoms with E-state index in [9.17, 15) is 112 Å². The fourth-order valence-electron chi connectivity index (χ4n) is 13.3. The number of carbonyl (C=O) groups is 20. The molecule has 4 aromatic carbocycles. The van der Waals surface area contributed by atoms with Gasteiger partial charge in [0.25, 0.3) is 0 Å². The van der Waals surface area contributed by atoms with Gasteiger partial charge in [-0.15, -0.1) is 0 Å². The molecule has 17 atom stereocenters. The van der Waals surface area contributed by atoms with Gasteiger partial charge in [-0.3, -0.25) is 95.9 Å². The fraction of sp³-hybridized carbons (Fsp3) is 0.500. The first-order chi connectivity index (χ1) is 60.7. The van der Waals surface area contributed by atoms with Gasteiger partial charge in [-0.25, -0.2) is 0 Å². The van der Waals surface area contributed by atoms with Gasteiger partial charge in [-0.1, -0.05) is 119 Å². The number of carbonyl (C=O) groups excluding carboxylic acids is 16. The van der Waals surface area contributed by atoms with E-state index in [1.54, 1.807) is 78.9 Å². The van der Waals surface area contributed by atoms with Crippen LogP contribution in [-0.2, 0) is 126 Å². The van der Waals surface area contributed by atoms with Crippen LogP contribution < -0.4 is 91.6 Å². The van der Waals surface area contributed by atoms with Crippen LogP contribution in [0.2, 0.25) is 0 Å². The lowest BCUT2D eigenvalue weighted by Gasteiger charge is -2.33. The summed E-state index contributed by atoms with van der Waals surface area (Å²) in [6.07, 6.45) is -9.15. The molecule has 4 bridgehead atoms. The van der Waals surface area contributed by atoms with Crippen LogP contribution in [0.15, 0.2) is 91.0 Å². The molecule has 2 heterocycles. The highest BCUT2D eigenvalue weighted by Crippen LogP contribution is 2.27. The molecule has 0 saturated heterocycles. The molecule has 4 aromatic rings. The second-order valence-corrected chi connectivity index (χ2v) is 35.6. The lowest BCUT2D eigenvalue weighted by molar-refractivity contribution is -0.143. The topological polar surface area (TPSA) is 689 Å². The van der Waals surface area contributed by atoms with Crippen LogP contribution in [0.25, 0.3) is 10.8 Å². The smallest absolute Gasteiger partial charge is 0.305 e. The number of aliphatic hydroxyl groups excluding tert-OH is 1. The molecule has 2 aliphatic rings. The molecule has 25 N–H and O–H groups in total. The predicted octanol–water partition coefficient (Wildman–Crippen LogP) is -3.28. The summed E-state index contributed by atoms with van der Waals surface area (Å²) in [5, 5.41) is 86.6. The minimum atomic E-state index is -2.22. The summed E-state index contributed by atoms with van der Waals surface area (Å²) in [6.45, 7) is 11.0. The van der Waals surface area contributed by atoms with Crippen molar-refractivity contribution >= 4 is 164 Å². The number of hydrogen-bond acceptors (Lipinski definition) is 25. The van der Waals surface area contributed by atoms with Crippen molar-refractivity contribution in [3.05, 3.63) is 119 Å². The van der Waals surface area contributed by atoms with Crippen molar-refractivity contribution in [2.45, 2.75) is 234 Å². The number of carboxylic acids is 4. The summed E-state index contributed by atoms with van der Waals surface area (Å²) in [6, 6.07) is -1.99. The maximum absolute atomic E-state index is 15.3. The summed E-state index contributed by atoms with van der Waals surface area (Å²) in [7, 11) is 0. The molecule has 1 unspecified atom stereocenters. The Balaban J connectivity index is 1.57. The Morgan fingerprint density at radius 1 is 0.442 bits per heavy atom. The molecule has 16 amide bonds. The molecular weight excluding hydrogens is 1740 g/mol. The van der Waals surface area contributed by atoms with Crippen LogP contribution in [-0.4, -0.2) is 258 Å². The van der Waals surface area contributed by atoms with Crippen molar-refractivity contribution in [3.63, 3.8) is 0 Å². The summed E-state index contributed by atoms with van der Waals surface area (Å²) >= 11 is 3.06. The number of fused-ring (bicyclic) bond motifs is 6. The number of amides is 16. The average Bonchev–Trinajstić information content (AvgIpc) is 0.817. The van der Waals surface area contributed by atoms with Gasteiger partial charge in [-0.05, 0) is 96.9 Å². The number of aliphatic carboxylic acids is 4. The van der Waals surface area contributed by atoms with Gasteiger partial charge in [0.15, 0.2) is 0 Å². The number of benzene rings is 4. The fourth-order valence-corrected chi connectivity index (χ4v) is 16.3. The maximum atomic E-state index is 15.3. The first-order valence-electron chi connectivity index (χ1n) is 41.2. The van der Waals surface area contributed by atoms with Crippen LogP contribution in [0.3, 0.4) is 0 Å².